The van der Waals surface area contributed by atoms with Crippen LogP contribution in [-0.4, -0.2) is 11.1 Å². The minimum absolute atomic E-state index is 0.423. The Morgan fingerprint density at radius 1 is 1.18 bits per heavy atom. The van der Waals surface area contributed by atoms with E-state index < -0.39 is 5.97 Å². The molecule has 0 saturated carbocycles. The second-order valence-electron chi connectivity index (χ2n) is 6.61. The third kappa shape index (κ3) is 6.93. The Balaban J connectivity index is 2.98. The molecule has 2 nitrogen and oxygen atoms in total. The molecular formula is C20H30O2. The Morgan fingerprint density at radius 2 is 1.91 bits per heavy atom. The number of rotatable bonds is 2. The third-order valence-electron chi connectivity index (χ3n) is 4.32. The van der Waals surface area contributed by atoms with Gasteiger partial charge >= 0.3 is 5.97 Å². The molecule has 2 heteroatoms. The monoisotopic (exact) mass is 302 g/mol. The van der Waals surface area contributed by atoms with E-state index in [1.165, 1.54) is 11.1 Å². The molecule has 22 heavy (non-hydrogen) atoms. The molecule has 1 aliphatic carbocycles. The summed E-state index contributed by atoms with van der Waals surface area (Å²) in [5.74, 6) is 0.178. The predicted molar refractivity (Wildman–Crippen MR) is 93.8 cm³/mol. The Kier molecular flexibility index (Phi) is 7.94. The van der Waals surface area contributed by atoms with Crippen molar-refractivity contribution in [3.05, 3.63) is 47.1 Å². The van der Waals surface area contributed by atoms with E-state index in [9.17, 15) is 9.90 Å². The van der Waals surface area contributed by atoms with Gasteiger partial charge in [-0.15, -0.1) is 0 Å². The molecule has 0 bridgehead atoms. The summed E-state index contributed by atoms with van der Waals surface area (Å²) in [4.78, 5) is 11.4. The van der Waals surface area contributed by atoms with E-state index in [1.807, 2.05) is 6.08 Å². The molecule has 0 spiro atoms. The zero-order chi connectivity index (χ0) is 16.5. The van der Waals surface area contributed by atoms with Crippen LogP contribution in [0.25, 0.3) is 0 Å². The van der Waals surface area contributed by atoms with Gasteiger partial charge in [-0.25, -0.2) is 4.79 Å². The van der Waals surface area contributed by atoms with Crippen LogP contribution in [0.15, 0.2) is 47.1 Å². The van der Waals surface area contributed by atoms with Gasteiger partial charge in [-0.2, -0.15) is 0 Å². The summed E-state index contributed by atoms with van der Waals surface area (Å²) in [7, 11) is 0. The molecule has 1 atom stereocenters. The maximum absolute atomic E-state index is 11.4. The van der Waals surface area contributed by atoms with Crippen LogP contribution in [0.3, 0.4) is 0 Å². The lowest BCUT2D eigenvalue weighted by Gasteiger charge is -2.17. The summed E-state index contributed by atoms with van der Waals surface area (Å²) in [6.45, 7) is 8.65. The highest BCUT2D eigenvalue weighted by Gasteiger charge is 2.14. The van der Waals surface area contributed by atoms with E-state index in [-0.39, 0.29) is 0 Å². The second kappa shape index (κ2) is 9.45. The first-order valence-electron chi connectivity index (χ1n) is 8.33. The van der Waals surface area contributed by atoms with Crippen LogP contribution in [0.2, 0.25) is 0 Å². The van der Waals surface area contributed by atoms with Crippen LogP contribution in [0.4, 0.5) is 0 Å². The zero-order valence-electron chi connectivity index (χ0n) is 14.4. The van der Waals surface area contributed by atoms with Crippen molar-refractivity contribution in [3.8, 4) is 0 Å². The van der Waals surface area contributed by atoms with Crippen molar-refractivity contribution < 1.29 is 9.90 Å². The highest BCUT2D eigenvalue weighted by molar-refractivity contribution is 5.86. The number of carboxylic acid groups (broad SMARTS) is 1. The summed E-state index contributed by atoms with van der Waals surface area (Å²) < 4.78 is 0. The molecule has 0 amide bonds. The van der Waals surface area contributed by atoms with E-state index in [4.69, 9.17) is 0 Å². The fourth-order valence-corrected chi connectivity index (χ4v) is 2.64. The van der Waals surface area contributed by atoms with Crippen molar-refractivity contribution in [1.29, 1.82) is 0 Å². The fourth-order valence-electron chi connectivity index (χ4n) is 2.64. The number of hydrogen-bond acceptors (Lipinski definition) is 1. The summed E-state index contributed by atoms with van der Waals surface area (Å²) in [5, 5.41) is 9.37. The van der Waals surface area contributed by atoms with Gasteiger partial charge in [-0.05, 0) is 57.8 Å². The van der Waals surface area contributed by atoms with Gasteiger partial charge in [0.05, 0.1) is 0 Å². The highest BCUT2D eigenvalue weighted by Crippen LogP contribution is 2.23. The van der Waals surface area contributed by atoms with E-state index in [2.05, 4.69) is 52.0 Å². The fraction of sp³-hybridized carbons (Fsp3) is 0.550. The van der Waals surface area contributed by atoms with Gasteiger partial charge in [0.2, 0.25) is 0 Å². The molecule has 0 unspecified atom stereocenters. The minimum Gasteiger partial charge on any atom is -0.478 e. The molecule has 0 heterocycles. The molecular weight excluding hydrogens is 272 g/mol. The van der Waals surface area contributed by atoms with E-state index >= 15 is 0 Å². The molecule has 0 aromatic heterocycles. The predicted octanol–water partition coefficient (Wildman–Crippen LogP) is 5.68. The quantitative estimate of drug-likeness (QED) is 0.666. The number of hydrogen-bond donors (Lipinski definition) is 1. The number of allylic oxidation sites excluding steroid dienone is 7. The van der Waals surface area contributed by atoms with Gasteiger partial charge in [0.15, 0.2) is 0 Å². The molecule has 0 saturated heterocycles. The van der Waals surface area contributed by atoms with Crippen LogP contribution < -0.4 is 0 Å². The first-order chi connectivity index (χ1) is 10.4. The molecule has 0 aliphatic heterocycles. The van der Waals surface area contributed by atoms with Crippen LogP contribution in [-0.2, 0) is 4.79 Å². The second-order valence-corrected chi connectivity index (χ2v) is 6.61. The SMILES string of the molecule is CC1=C/C/C=C(/C)CC/C=C(/C(=O)O)CC[C@H](C(C)C)\C=C\1. The lowest BCUT2D eigenvalue weighted by Crippen LogP contribution is -2.09. The van der Waals surface area contributed by atoms with E-state index in [0.29, 0.717) is 23.8 Å². The first-order valence-corrected chi connectivity index (χ1v) is 8.33. The van der Waals surface area contributed by atoms with Crippen molar-refractivity contribution in [2.24, 2.45) is 11.8 Å². The maximum atomic E-state index is 11.4. The largest absolute Gasteiger partial charge is 0.478 e. The average Bonchev–Trinajstić information content (AvgIpc) is 2.43. The normalized spacial score (nSPS) is 30.2. The smallest absolute Gasteiger partial charge is 0.331 e. The molecule has 0 fully saturated rings. The Morgan fingerprint density at radius 3 is 2.55 bits per heavy atom. The van der Waals surface area contributed by atoms with Crippen molar-refractivity contribution in [2.75, 3.05) is 0 Å². The summed E-state index contributed by atoms with van der Waals surface area (Å²) in [6, 6.07) is 0. The average molecular weight is 302 g/mol. The van der Waals surface area contributed by atoms with Gasteiger partial charge in [0, 0.05) is 5.57 Å². The minimum atomic E-state index is -0.767. The Hall–Kier alpha value is -1.57. The molecule has 1 rings (SSSR count). The van der Waals surface area contributed by atoms with Crippen molar-refractivity contribution in [1.82, 2.24) is 0 Å². The highest BCUT2D eigenvalue weighted by atomic mass is 16.4. The van der Waals surface area contributed by atoms with Crippen LogP contribution in [0, 0.1) is 11.8 Å². The summed E-state index contributed by atoms with van der Waals surface area (Å²) >= 11 is 0. The standard InChI is InChI=1S/C20H30O2/c1-15(2)18-12-11-17(4)8-5-7-16(3)9-6-10-19(14-13-18)20(21)22/h7-8,10-12,15,18H,5-6,9,13-14H2,1-4H3,(H,21,22)/b12-11+,16-7-,17-8-,19-10+/t18-/m1/s1. The molecule has 1 aliphatic rings. The van der Waals surface area contributed by atoms with Gasteiger partial charge in [-0.1, -0.05) is 55.4 Å². The Labute approximate surface area is 135 Å². The summed E-state index contributed by atoms with van der Waals surface area (Å²) in [5.41, 5.74) is 3.17. The lowest BCUT2D eigenvalue weighted by molar-refractivity contribution is -0.132. The van der Waals surface area contributed by atoms with Crippen LogP contribution in [0.1, 0.15) is 59.8 Å². The number of aliphatic carboxylic acids is 1. The number of carboxylic acids is 1. The van der Waals surface area contributed by atoms with Gasteiger partial charge in [0.1, 0.15) is 0 Å². The van der Waals surface area contributed by atoms with Gasteiger partial charge in [0.25, 0.3) is 0 Å². The van der Waals surface area contributed by atoms with Crippen LogP contribution >= 0.6 is 0 Å². The number of carbonyl (C=O) groups is 1. The molecule has 122 valence electrons. The van der Waals surface area contributed by atoms with Gasteiger partial charge in [-0.3, -0.25) is 0 Å². The zero-order valence-corrected chi connectivity index (χ0v) is 14.4. The lowest BCUT2D eigenvalue weighted by atomic mass is 9.88. The third-order valence-corrected chi connectivity index (χ3v) is 4.32. The molecule has 1 N–H and O–H groups in total. The Bertz CT molecular complexity index is 490. The van der Waals surface area contributed by atoms with Crippen molar-refractivity contribution in [2.45, 2.75) is 59.8 Å². The van der Waals surface area contributed by atoms with Crippen molar-refractivity contribution in [3.63, 3.8) is 0 Å². The maximum Gasteiger partial charge on any atom is 0.331 e. The van der Waals surface area contributed by atoms with Crippen LogP contribution in [0.5, 0.6) is 0 Å². The van der Waals surface area contributed by atoms with Gasteiger partial charge < -0.3 is 5.11 Å². The van der Waals surface area contributed by atoms with Crippen molar-refractivity contribution >= 4 is 5.97 Å². The first kappa shape index (κ1) is 18.5. The van der Waals surface area contributed by atoms with E-state index in [0.717, 1.165) is 25.7 Å². The topological polar surface area (TPSA) is 37.3 Å². The molecule has 0 aromatic rings. The van der Waals surface area contributed by atoms with E-state index in [1.54, 1.807) is 0 Å². The summed E-state index contributed by atoms with van der Waals surface area (Å²) in [6.07, 6.45) is 15.1. The molecule has 0 radical (unpaired) electrons. The molecule has 0 aromatic carbocycles.